The van der Waals surface area contributed by atoms with Gasteiger partial charge in [0, 0.05) is 6.61 Å². The zero-order chi connectivity index (χ0) is 13.9. The van der Waals surface area contributed by atoms with Gasteiger partial charge >= 0.3 is 0 Å². The summed E-state index contributed by atoms with van der Waals surface area (Å²) in [5.41, 5.74) is 1.99. The summed E-state index contributed by atoms with van der Waals surface area (Å²) in [4.78, 5) is 14.5. The van der Waals surface area contributed by atoms with Gasteiger partial charge in [-0.15, -0.1) is 0 Å². The first-order valence-corrected chi connectivity index (χ1v) is 6.01. The van der Waals surface area contributed by atoms with Gasteiger partial charge in [0.1, 0.15) is 11.6 Å². The fourth-order valence-electron chi connectivity index (χ4n) is 2.10. The maximum Gasteiger partial charge on any atom is 0.276 e. The monoisotopic (exact) mass is 267 g/mol. The lowest BCUT2D eigenvalue weighted by Crippen LogP contribution is -2.43. The van der Waals surface area contributed by atoms with Gasteiger partial charge in [-0.2, -0.15) is 0 Å². The summed E-state index contributed by atoms with van der Waals surface area (Å²) in [6.45, 7) is 3.29. The standard InChI is InChI=1S/C11H17N5O3/c1-11(3-2-4-19-7-11)14-9-5-8(16(17)18)6-10(13-9)15-12/h5-6H,2-4,7,12H2,1H3,(H2,13,14,15). The smallest absolute Gasteiger partial charge is 0.276 e. The van der Waals surface area contributed by atoms with Crippen LogP contribution in [-0.2, 0) is 4.74 Å². The molecule has 8 heteroatoms. The quantitative estimate of drug-likeness (QED) is 0.427. The minimum atomic E-state index is -0.479. The molecule has 1 fully saturated rings. The molecule has 1 aromatic heterocycles. The summed E-state index contributed by atoms with van der Waals surface area (Å²) in [7, 11) is 0. The van der Waals surface area contributed by atoms with E-state index < -0.39 is 4.92 Å². The molecule has 1 aliphatic rings. The van der Waals surface area contributed by atoms with Crippen molar-refractivity contribution in [3.63, 3.8) is 0 Å². The molecule has 0 saturated carbocycles. The van der Waals surface area contributed by atoms with E-state index in [4.69, 9.17) is 10.6 Å². The Labute approximate surface area is 110 Å². The highest BCUT2D eigenvalue weighted by molar-refractivity contribution is 5.55. The van der Waals surface area contributed by atoms with E-state index in [1.165, 1.54) is 12.1 Å². The van der Waals surface area contributed by atoms with E-state index in [9.17, 15) is 10.1 Å². The van der Waals surface area contributed by atoms with Gasteiger partial charge in [-0.3, -0.25) is 10.1 Å². The molecule has 0 amide bonds. The summed E-state index contributed by atoms with van der Waals surface area (Å²) < 4.78 is 5.43. The highest BCUT2D eigenvalue weighted by Gasteiger charge is 2.28. The Balaban J connectivity index is 2.23. The summed E-state index contributed by atoms with van der Waals surface area (Å²) >= 11 is 0. The van der Waals surface area contributed by atoms with Crippen molar-refractivity contribution in [3.05, 3.63) is 22.2 Å². The number of anilines is 2. The largest absolute Gasteiger partial charge is 0.379 e. The van der Waals surface area contributed by atoms with Gasteiger partial charge in [-0.05, 0) is 19.8 Å². The number of ether oxygens (including phenoxy) is 1. The number of hydrogen-bond donors (Lipinski definition) is 3. The Morgan fingerprint density at radius 1 is 1.53 bits per heavy atom. The molecule has 2 heterocycles. The molecule has 1 saturated heterocycles. The first-order valence-electron chi connectivity index (χ1n) is 6.01. The van der Waals surface area contributed by atoms with E-state index in [0.29, 0.717) is 12.4 Å². The molecule has 1 aliphatic heterocycles. The van der Waals surface area contributed by atoms with Crippen LogP contribution in [0.2, 0.25) is 0 Å². The SMILES string of the molecule is CC1(Nc2cc([N+](=O)[O-])cc(NN)n2)CCCOC1. The van der Waals surface area contributed by atoms with Crippen LogP contribution in [0.3, 0.4) is 0 Å². The van der Waals surface area contributed by atoms with Gasteiger partial charge in [0.15, 0.2) is 0 Å². The van der Waals surface area contributed by atoms with Crippen LogP contribution >= 0.6 is 0 Å². The molecule has 1 unspecified atom stereocenters. The van der Waals surface area contributed by atoms with E-state index >= 15 is 0 Å². The minimum absolute atomic E-state index is 0.0641. The Morgan fingerprint density at radius 3 is 2.84 bits per heavy atom. The zero-order valence-corrected chi connectivity index (χ0v) is 10.7. The van der Waals surface area contributed by atoms with Crippen molar-refractivity contribution in [3.8, 4) is 0 Å². The molecule has 4 N–H and O–H groups in total. The van der Waals surface area contributed by atoms with Crippen LogP contribution in [0.5, 0.6) is 0 Å². The Bertz CT molecular complexity index is 473. The van der Waals surface area contributed by atoms with Crippen LogP contribution in [0.15, 0.2) is 12.1 Å². The second-order valence-corrected chi connectivity index (χ2v) is 4.84. The fourth-order valence-corrected chi connectivity index (χ4v) is 2.10. The van der Waals surface area contributed by atoms with E-state index in [2.05, 4.69) is 15.7 Å². The topological polar surface area (TPSA) is 115 Å². The van der Waals surface area contributed by atoms with Gasteiger partial charge in [0.2, 0.25) is 0 Å². The third-order valence-electron chi connectivity index (χ3n) is 3.04. The van der Waals surface area contributed by atoms with Crippen molar-refractivity contribution in [2.45, 2.75) is 25.3 Å². The predicted molar refractivity (Wildman–Crippen MR) is 70.8 cm³/mol. The number of nitrogens with two attached hydrogens (primary N) is 1. The van der Waals surface area contributed by atoms with Crippen molar-refractivity contribution >= 4 is 17.3 Å². The number of aromatic nitrogens is 1. The molecule has 19 heavy (non-hydrogen) atoms. The average molecular weight is 267 g/mol. The molecule has 2 rings (SSSR count). The van der Waals surface area contributed by atoms with Crippen LogP contribution in [0.1, 0.15) is 19.8 Å². The second kappa shape index (κ2) is 5.37. The number of nitrogens with zero attached hydrogens (tertiary/aromatic N) is 2. The fraction of sp³-hybridized carbons (Fsp3) is 0.545. The Hall–Kier alpha value is -1.93. The van der Waals surface area contributed by atoms with Crippen molar-refractivity contribution < 1.29 is 9.66 Å². The molecule has 8 nitrogen and oxygen atoms in total. The van der Waals surface area contributed by atoms with Crippen LogP contribution in [0.25, 0.3) is 0 Å². The second-order valence-electron chi connectivity index (χ2n) is 4.84. The summed E-state index contributed by atoms with van der Waals surface area (Å²) in [6.07, 6.45) is 1.86. The van der Waals surface area contributed by atoms with Gasteiger partial charge in [-0.1, -0.05) is 0 Å². The summed E-state index contributed by atoms with van der Waals surface area (Å²) in [5, 5.41) is 14.0. The first-order chi connectivity index (χ1) is 9.02. The number of nitrogen functional groups attached to an aromatic ring is 1. The maximum atomic E-state index is 10.9. The Kier molecular flexibility index (Phi) is 3.82. The average Bonchev–Trinajstić information content (AvgIpc) is 2.38. The summed E-state index contributed by atoms with van der Waals surface area (Å²) in [6, 6.07) is 2.67. The van der Waals surface area contributed by atoms with Gasteiger partial charge in [0.25, 0.3) is 5.69 Å². The van der Waals surface area contributed by atoms with Crippen LogP contribution in [0.4, 0.5) is 17.3 Å². The highest BCUT2D eigenvalue weighted by atomic mass is 16.6. The zero-order valence-electron chi connectivity index (χ0n) is 10.7. The molecule has 1 aromatic rings. The van der Waals surface area contributed by atoms with Gasteiger partial charge in [0.05, 0.1) is 29.2 Å². The molecule has 104 valence electrons. The number of pyridine rings is 1. The van der Waals surface area contributed by atoms with Crippen LogP contribution < -0.4 is 16.6 Å². The normalized spacial score (nSPS) is 22.8. The van der Waals surface area contributed by atoms with E-state index in [0.717, 1.165) is 19.4 Å². The van der Waals surface area contributed by atoms with Gasteiger partial charge in [-0.25, -0.2) is 10.8 Å². The number of hydrazine groups is 1. The van der Waals surface area contributed by atoms with Crippen molar-refractivity contribution in [2.75, 3.05) is 24.0 Å². The lowest BCUT2D eigenvalue weighted by Gasteiger charge is -2.34. The predicted octanol–water partition coefficient (Wildman–Crippen LogP) is 1.26. The lowest BCUT2D eigenvalue weighted by molar-refractivity contribution is -0.384. The van der Waals surface area contributed by atoms with E-state index in [1.807, 2.05) is 6.92 Å². The first kappa shape index (κ1) is 13.5. The van der Waals surface area contributed by atoms with Crippen LogP contribution in [-0.4, -0.2) is 28.7 Å². The molecule has 1 atom stereocenters. The highest BCUT2D eigenvalue weighted by Crippen LogP contribution is 2.26. The number of nitro groups is 1. The van der Waals surface area contributed by atoms with E-state index in [-0.39, 0.29) is 17.0 Å². The van der Waals surface area contributed by atoms with Crippen molar-refractivity contribution in [1.29, 1.82) is 0 Å². The Morgan fingerprint density at radius 2 is 2.26 bits per heavy atom. The molecular formula is C11H17N5O3. The molecule has 0 spiro atoms. The van der Waals surface area contributed by atoms with Crippen molar-refractivity contribution in [2.24, 2.45) is 5.84 Å². The molecule has 0 aliphatic carbocycles. The summed E-state index contributed by atoms with van der Waals surface area (Å²) in [5.74, 6) is 5.93. The van der Waals surface area contributed by atoms with Crippen molar-refractivity contribution in [1.82, 2.24) is 4.98 Å². The number of rotatable bonds is 4. The third kappa shape index (κ3) is 3.30. The third-order valence-corrected chi connectivity index (χ3v) is 3.04. The molecule has 0 radical (unpaired) electrons. The molecular weight excluding hydrogens is 250 g/mol. The van der Waals surface area contributed by atoms with Gasteiger partial charge < -0.3 is 15.5 Å². The van der Waals surface area contributed by atoms with E-state index in [1.54, 1.807) is 0 Å². The number of hydrogen-bond acceptors (Lipinski definition) is 7. The molecule has 0 aromatic carbocycles. The maximum absolute atomic E-state index is 10.9. The van der Waals surface area contributed by atoms with Crippen LogP contribution in [0, 0.1) is 10.1 Å². The minimum Gasteiger partial charge on any atom is -0.379 e. The lowest BCUT2D eigenvalue weighted by atomic mass is 9.95. The number of nitrogens with one attached hydrogen (secondary N) is 2. The molecule has 0 bridgehead atoms.